The van der Waals surface area contributed by atoms with Crippen LogP contribution in [0.3, 0.4) is 0 Å². The highest BCUT2D eigenvalue weighted by atomic mass is 32.2. The fourth-order valence-corrected chi connectivity index (χ4v) is 4.38. The van der Waals surface area contributed by atoms with Gasteiger partial charge in [-0.2, -0.15) is 0 Å². The predicted octanol–water partition coefficient (Wildman–Crippen LogP) is -5.13. The molecule has 0 aromatic carbocycles. The Balaban J connectivity index is 1.86. The highest BCUT2D eigenvalue weighted by molar-refractivity contribution is 8.00. The molecule has 2 aliphatic rings. The molecular weight excluding hydrogens is 414 g/mol. The second-order valence-electron chi connectivity index (χ2n) is 7.15. The molecule has 12 nitrogen and oxygen atoms in total. The number of rotatable bonds is 9. The minimum atomic E-state index is -1.84. The number of carbonyl (C=O) groups excluding carboxylic acids is 1. The lowest BCUT2D eigenvalue weighted by atomic mass is 9.99. The van der Waals surface area contributed by atoms with Crippen LogP contribution in [0.1, 0.15) is 6.92 Å². The van der Waals surface area contributed by atoms with Crippen LogP contribution in [-0.4, -0.2) is 132 Å². The first kappa shape index (κ1) is 24.8. The molecule has 11 atom stereocenters. The summed E-state index contributed by atoms with van der Waals surface area (Å²) in [5, 5.41) is 81.0. The number of nitrogens with one attached hydrogen (secondary N) is 1. The Morgan fingerprint density at radius 3 is 2.34 bits per heavy atom. The van der Waals surface area contributed by atoms with Gasteiger partial charge in [0.1, 0.15) is 54.6 Å². The van der Waals surface area contributed by atoms with Crippen molar-refractivity contribution in [2.24, 2.45) is 0 Å². The van der Waals surface area contributed by atoms with Crippen molar-refractivity contribution in [2.75, 3.05) is 19.0 Å². The van der Waals surface area contributed by atoms with E-state index in [9.17, 15) is 40.5 Å². The van der Waals surface area contributed by atoms with Crippen molar-refractivity contribution in [1.29, 1.82) is 0 Å². The molecule has 2 aliphatic heterocycles. The molecule has 170 valence electrons. The van der Waals surface area contributed by atoms with Crippen LogP contribution in [-0.2, 0) is 14.3 Å². The van der Waals surface area contributed by atoms with Gasteiger partial charge in [-0.1, -0.05) is 0 Å². The van der Waals surface area contributed by atoms with Gasteiger partial charge in [-0.15, -0.1) is 11.8 Å². The molecule has 0 aromatic heterocycles. The van der Waals surface area contributed by atoms with E-state index >= 15 is 0 Å². The van der Waals surface area contributed by atoms with Crippen molar-refractivity contribution in [1.82, 2.24) is 5.32 Å². The number of aliphatic hydroxyl groups excluding tert-OH is 8. The van der Waals surface area contributed by atoms with Crippen LogP contribution < -0.4 is 5.32 Å². The average Bonchev–Trinajstić information content (AvgIpc) is 3.20. The van der Waals surface area contributed by atoms with E-state index < -0.39 is 79.8 Å². The van der Waals surface area contributed by atoms with Gasteiger partial charge in [0.2, 0.25) is 0 Å². The molecule has 2 saturated heterocycles. The molecule has 0 spiro atoms. The molecule has 9 N–H and O–H groups in total. The van der Waals surface area contributed by atoms with E-state index in [4.69, 9.17) is 14.6 Å². The Morgan fingerprint density at radius 2 is 1.79 bits per heavy atom. The zero-order chi connectivity index (χ0) is 21.9. The Labute approximate surface area is 171 Å². The smallest absolute Gasteiger partial charge is 0.186 e. The van der Waals surface area contributed by atoms with E-state index in [1.807, 2.05) is 0 Å². The zero-order valence-corrected chi connectivity index (χ0v) is 16.5. The van der Waals surface area contributed by atoms with Gasteiger partial charge < -0.3 is 50.3 Å². The number of hydrogen-bond donors (Lipinski definition) is 9. The minimum absolute atomic E-state index is 0.129. The molecule has 0 aromatic rings. The maximum absolute atomic E-state index is 11.4. The molecule has 0 saturated carbocycles. The monoisotopic (exact) mass is 443 g/mol. The lowest BCUT2D eigenvalue weighted by molar-refractivity contribution is -0.306. The normalized spacial score (nSPS) is 39.7. The van der Waals surface area contributed by atoms with Gasteiger partial charge in [0, 0.05) is 5.75 Å². The molecule has 2 heterocycles. The zero-order valence-electron chi connectivity index (χ0n) is 15.7. The number of Topliss-reactive ketones (excluding diaryl/α,β-unsaturated/α-hetero) is 1. The maximum atomic E-state index is 11.4. The van der Waals surface area contributed by atoms with E-state index in [-0.39, 0.29) is 5.78 Å². The first-order valence-corrected chi connectivity index (χ1v) is 10.2. The summed E-state index contributed by atoms with van der Waals surface area (Å²) >= 11 is 1.19. The van der Waals surface area contributed by atoms with Crippen LogP contribution >= 0.6 is 11.8 Å². The summed E-state index contributed by atoms with van der Waals surface area (Å²) in [5.41, 5.74) is 0. The number of aliphatic hydroxyl groups is 8. The van der Waals surface area contributed by atoms with Crippen LogP contribution in [0.2, 0.25) is 0 Å². The molecule has 2 fully saturated rings. The molecule has 0 aliphatic carbocycles. The van der Waals surface area contributed by atoms with E-state index in [1.165, 1.54) is 18.7 Å². The van der Waals surface area contributed by atoms with Crippen LogP contribution in [0, 0.1) is 0 Å². The first-order valence-electron chi connectivity index (χ1n) is 9.11. The van der Waals surface area contributed by atoms with Gasteiger partial charge in [-0.3, -0.25) is 10.1 Å². The Kier molecular flexibility index (Phi) is 9.21. The van der Waals surface area contributed by atoms with E-state index in [1.54, 1.807) is 0 Å². The number of ketones is 1. The van der Waals surface area contributed by atoms with Gasteiger partial charge in [0.25, 0.3) is 0 Å². The van der Waals surface area contributed by atoms with Crippen LogP contribution in [0.5, 0.6) is 0 Å². The van der Waals surface area contributed by atoms with Crippen LogP contribution in [0.4, 0.5) is 0 Å². The van der Waals surface area contributed by atoms with Crippen LogP contribution in [0.15, 0.2) is 0 Å². The number of ether oxygens (including phenoxy) is 2. The third-order valence-corrected chi connectivity index (χ3v) is 6.28. The minimum Gasteiger partial charge on any atom is -0.394 e. The van der Waals surface area contributed by atoms with E-state index in [0.29, 0.717) is 5.75 Å². The molecule has 0 amide bonds. The van der Waals surface area contributed by atoms with Crippen LogP contribution in [0.25, 0.3) is 0 Å². The second kappa shape index (κ2) is 10.7. The summed E-state index contributed by atoms with van der Waals surface area (Å²) in [6, 6.07) is -0.483. The Hall–Kier alpha value is -0.420. The number of hydrogen-bond acceptors (Lipinski definition) is 13. The quantitative estimate of drug-likeness (QED) is 0.163. The highest BCUT2D eigenvalue weighted by Gasteiger charge is 2.45. The van der Waals surface area contributed by atoms with E-state index in [0.717, 1.165) is 0 Å². The lowest BCUT2D eigenvalue weighted by Gasteiger charge is -2.40. The largest absolute Gasteiger partial charge is 0.394 e. The molecule has 0 bridgehead atoms. The molecular formula is C16H29NO11S. The van der Waals surface area contributed by atoms with Crippen molar-refractivity contribution in [3.05, 3.63) is 0 Å². The summed E-state index contributed by atoms with van der Waals surface area (Å²) in [4.78, 5) is 11.4. The topological polar surface area (TPSA) is 209 Å². The van der Waals surface area contributed by atoms with Crippen molar-refractivity contribution >= 4 is 17.5 Å². The highest BCUT2D eigenvalue weighted by Crippen LogP contribution is 2.26. The molecule has 13 heteroatoms. The molecule has 7 unspecified atom stereocenters. The summed E-state index contributed by atoms with van der Waals surface area (Å²) in [5.74, 6) is 0.262. The lowest BCUT2D eigenvalue weighted by Crippen LogP contribution is -2.59. The van der Waals surface area contributed by atoms with Crippen molar-refractivity contribution in [2.45, 2.75) is 73.5 Å². The second-order valence-corrected chi connectivity index (χ2v) is 8.33. The predicted molar refractivity (Wildman–Crippen MR) is 97.6 cm³/mol. The summed E-state index contributed by atoms with van der Waals surface area (Å²) in [6.45, 7) is 0.0710. The standard InChI is InChI=1S/C16H29NO11S/c1-5(19)6-4-29-15(17-6)13(25)11(23)9(21)7(20)3-27-16-14(26)12(24)10(22)8(2-18)28-16/h6-18,20-26H,2-4H2,1H3/t6?,7?,8-,9?,10+,11?,12+,13?,14-,15?,16?/m1/s1. The third-order valence-electron chi connectivity index (χ3n) is 4.98. The number of thioether (sulfide) groups is 1. The fourth-order valence-electron chi connectivity index (χ4n) is 3.03. The van der Waals surface area contributed by atoms with Crippen molar-refractivity contribution in [3.63, 3.8) is 0 Å². The third kappa shape index (κ3) is 5.84. The fraction of sp³-hybridized carbons (Fsp3) is 0.938. The van der Waals surface area contributed by atoms with Gasteiger partial charge in [-0.25, -0.2) is 0 Å². The SMILES string of the molecule is CC(=O)C1CSC(C(O)C(O)C(O)C(O)COC2O[C@H](CO)[C@H](O)[C@H](O)[C@H]2O)N1. The van der Waals surface area contributed by atoms with Crippen molar-refractivity contribution in [3.8, 4) is 0 Å². The van der Waals surface area contributed by atoms with Gasteiger partial charge >= 0.3 is 0 Å². The maximum Gasteiger partial charge on any atom is 0.186 e. The molecule has 0 radical (unpaired) electrons. The average molecular weight is 443 g/mol. The first-order chi connectivity index (χ1) is 13.6. The van der Waals surface area contributed by atoms with Gasteiger partial charge in [-0.05, 0) is 6.92 Å². The number of carbonyl (C=O) groups is 1. The molecule has 29 heavy (non-hydrogen) atoms. The Bertz CT molecular complexity index is 541. The van der Waals surface area contributed by atoms with Gasteiger partial charge in [0.15, 0.2) is 6.29 Å². The summed E-state index contributed by atoms with van der Waals surface area (Å²) in [7, 11) is 0. The van der Waals surface area contributed by atoms with E-state index in [2.05, 4.69) is 5.32 Å². The summed E-state index contributed by atoms with van der Waals surface area (Å²) in [6.07, 6.45) is -14.5. The Morgan fingerprint density at radius 1 is 1.14 bits per heavy atom. The van der Waals surface area contributed by atoms with Gasteiger partial charge in [0.05, 0.1) is 24.6 Å². The molecule has 2 rings (SSSR count). The van der Waals surface area contributed by atoms with Crippen molar-refractivity contribution < 1.29 is 55.1 Å². The summed E-state index contributed by atoms with van der Waals surface area (Å²) < 4.78 is 10.2.